The Kier molecular flexibility index (Phi) is 3.90. The van der Waals surface area contributed by atoms with E-state index in [0.717, 1.165) is 36.3 Å². The van der Waals surface area contributed by atoms with Crippen molar-refractivity contribution >= 4 is 11.5 Å². The smallest absolute Gasteiger partial charge is 0.177 e. The predicted octanol–water partition coefficient (Wildman–Crippen LogP) is 2.20. The van der Waals surface area contributed by atoms with Gasteiger partial charge in [-0.15, -0.1) is 15.3 Å². The van der Waals surface area contributed by atoms with E-state index >= 15 is 0 Å². The average Bonchev–Trinajstić information content (AvgIpc) is 3.27. The molecule has 26 heavy (non-hydrogen) atoms. The Bertz CT molecular complexity index is 775. The molecule has 140 valence electrons. The van der Waals surface area contributed by atoms with Crippen molar-refractivity contribution in [3.8, 4) is 0 Å². The summed E-state index contributed by atoms with van der Waals surface area (Å²) in [6.07, 6.45) is 6.49. The molecule has 4 atom stereocenters. The van der Waals surface area contributed by atoms with Crippen LogP contribution < -0.4 is 5.32 Å². The lowest BCUT2D eigenvalue weighted by molar-refractivity contribution is -0.0811. The molecule has 5 rings (SSSR count). The molecule has 7 heteroatoms. The van der Waals surface area contributed by atoms with Gasteiger partial charge in [0, 0.05) is 31.8 Å². The third-order valence-corrected chi connectivity index (χ3v) is 6.48. The molecule has 3 fully saturated rings. The molecule has 3 aliphatic rings. The zero-order valence-electron chi connectivity index (χ0n) is 15.6. The largest absolute Gasteiger partial charge is 0.375 e. The summed E-state index contributed by atoms with van der Waals surface area (Å²) in [6.45, 7) is 7.87. The van der Waals surface area contributed by atoms with Gasteiger partial charge < -0.3 is 10.1 Å². The normalized spacial score (nSPS) is 34.2. The number of hydrogen-bond acceptors (Lipinski definition) is 6. The summed E-state index contributed by atoms with van der Waals surface area (Å²) in [7, 11) is 0. The quantitative estimate of drug-likeness (QED) is 0.909. The van der Waals surface area contributed by atoms with Crippen LogP contribution in [0.4, 0.5) is 5.82 Å². The first-order chi connectivity index (χ1) is 12.6. The molecule has 0 bridgehead atoms. The maximum Gasteiger partial charge on any atom is 0.177 e. The van der Waals surface area contributed by atoms with Gasteiger partial charge in [0.1, 0.15) is 12.1 Å². The molecule has 3 unspecified atom stereocenters. The number of nitrogens with one attached hydrogen (secondary N) is 1. The van der Waals surface area contributed by atoms with Crippen LogP contribution in [-0.4, -0.2) is 62.1 Å². The van der Waals surface area contributed by atoms with Crippen LogP contribution in [0.25, 0.3) is 5.65 Å². The summed E-state index contributed by atoms with van der Waals surface area (Å²) in [4.78, 5) is 2.75. The molecule has 0 radical (unpaired) electrons. The van der Waals surface area contributed by atoms with E-state index in [2.05, 4.69) is 39.4 Å². The monoisotopic (exact) mass is 356 g/mol. The summed E-state index contributed by atoms with van der Waals surface area (Å²) in [5.74, 6) is 2.56. The molecular formula is C19H28N6O. The van der Waals surface area contributed by atoms with Crippen LogP contribution in [0.2, 0.25) is 0 Å². The minimum Gasteiger partial charge on any atom is -0.375 e. The van der Waals surface area contributed by atoms with E-state index in [4.69, 9.17) is 4.74 Å². The van der Waals surface area contributed by atoms with Crippen molar-refractivity contribution < 1.29 is 4.74 Å². The fraction of sp³-hybridized carbons (Fsp3) is 0.737. The first-order valence-electron chi connectivity index (χ1n) is 9.87. The van der Waals surface area contributed by atoms with Crippen molar-refractivity contribution in [3.63, 3.8) is 0 Å². The fourth-order valence-electron chi connectivity index (χ4n) is 5.28. The molecule has 0 spiro atoms. The van der Waals surface area contributed by atoms with Crippen LogP contribution in [0, 0.1) is 11.8 Å². The van der Waals surface area contributed by atoms with Crippen molar-refractivity contribution in [2.45, 2.75) is 57.2 Å². The number of nitrogens with zero attached hydrogens (tertiary/aromatic N) is 5. The summed E-state index contributed by atoms with van der Waals surface area (Å²) >= 11 is 0. The van der Waals surface area contributed by atoms with Gasteiger partial charge in [-0.3, -0.25) is 4.90 Å². The summed E-state index contributed by atoms with van der Waals surface area (Å²) in [5, 5.41) is 16.1. The Morgan fingerprint density at radius 1 is 1.19 bits per heavy atom. The van der Waals surface area contributed by atoms with Gasteiger partial charge in [0.05, 0.1) is 5.60 Å². The molecular weight excluding hydrogens is 328 g/mol. The van der Waals surface area contributed by atoms with E-state index in [1.807, 2.05) is 12.1 Å². The van der Waals surface area contributed by atoms with Gasteiger partial charge in [-0.25, -0.2) is 0 Å². The molecule has 0 amide bonds. The zero-order valence-corrected chi connectivity index (χ0v) is 15.6. The van der Waals surface area contributed by atoms with Crippen LogP contribution in [0.3, 0.4) is 0 Å². The lowest BCUT2D eigenvalue weighted by Gasteiger charge is -2.40. The summed E-state index contributed by atoms with van der Waals surface area (Å²) in [5.41, 5.74) is 0.825. The van der Waals surface area contributed by atoms with E-state index in [0.29, 0.717) is 12.1 Å². The highest BCUT2D eigenvalue weighted by Crippen LogP contribution is 2.41. The van der Waals surface area contributed by atoms with Gasteiger partial charge in [-0.2, -0.15) is 4.52 Å². The van der Waals surface area contributed by atoms with Crippen LogP contribution in [0.1, 0.15) is 39.5 Å². The minimum atomic E-state index is 0.0389. The Labute approximate surface area is 154 Å². The number of fused-ring (bicyclic) bond motifs is 2. The number of rotatable bonds is 3. The van der Waals surface area contributed by atoms with Crippen molar-refractivity contribution in [2.24, 2.45) is 11.8 Å². The Hall–Kier alpha value is -1.73. The van der Waals surface area contributed by atoms with Gasteiger partial charge in [-0.1, -0.05) is 0 Å². The molecule has 1 saturated carbocycles. The number of aromatic nitrogens is 4. The maximum absolute atomic E-state index is 5.90. The van der Waals surface area contributed by atoms with Crippen molar-refractivity contribution in [1.29, 1.82) is 0 Å². The van der Waals surface area contributed by atoms with Gasteiger partial charge in [-0.05, 0) is 63.5 Å². The summed E-state index contributed by atoms with van der Waals surface area (Å²) in [6, 6.07) is 5.20. The molecule has 1 aliphatic carbocycles. The summed E-state index contributed by atoms with van der Waals surface area (Å²) < 4.78 is 7.63. The lowest BCUT2D eigenvalue weighted by Crippen LogP contribution is -2.45. The second kappa shape index (κ2) is 6.16. The average molecular weight is 356 g/mol. The van der Waals surface area contributed by atoms with E-state index in [9.17, 15) is 0 Å². The van der Waals surface area contributed by atoms with E-state index in [-0.39, 0.29) is 5.60 Å². The van der Waals surface area contributed by atoms with Gasteiger partial charge >= 0.3 is 0 Å². The second-order valence-electron chi connectivity index (χ2n) is 8.89. The first kappa shape index (κ1) is 16.4. The highest BCUT2D eigenvalue weighted by molar-refractivity contribution is 5.43. The number of hydrogen-bond donors (Lipinski definition) is 1. The van der Waals surface area contributed by atoms with Crippen LogP contribution in [0.5, 0.6) is 0 Å². The molecule has 2 aromatic heterocycles. The molecule has 0 aromatic carbocycles. The highest BCUT2D eigenvalue weighted by atomic mass is 16.5. The second-order valence-corrected chi connectivity index (χ2v) is 8.89. The zero-order chi connectivity index (χ0) is 17.7. The highest BCUT2D eigenvalue weighted by Gasteiger charge is 2.44. The molecule has 2 aliphatic heterocycles. The fourth-order valence-corrected chi connectivity index (χ4v) is 5.28. The molecule has 1 N–H and O–H groups in total. The standard InChI is InChI=1S/C19H28N6O/c1-19(2)9-16(5-6-26-19)24-10-13-7-15(8-14(13)11-24)21-17-3-4-18-22-20-12-25(18)23-17/h3-4,12-16H,5-11H2,1-2H3,(H,21,23)/t13-,14?,15?,16?/m0/s1. The lowest BCUT2D eigenvalue weighted by atomic mass is 9.93. The minimum absolute atomic E-state index is 0.0389. The van der Waals surface area contributed by atoms with Gasteiger partial charge in [0.15, 0.2) is 5.65 Å². The van der Waals surface area contributed by atoms with Crippen LogP contribution in [0.15, 0.2) is 18.5 Å². The Morgan fingerprint density at radius 2 is 2.00 bits per heavy atom. The molecule has 2 aromatic rings. The van der Waals surface area contributed by atoms with Crippen LogP contribution in [-0.2, 0) is 4.74 Å². The Morgan fingerprint density at radius 3 is 2.77 bits per heavy atom. The predicted molar refractivity (Wildman–Crippen MR) is 99.0 cm³/mol. The molecule has 2 saturated heterocycles. The van der Waals surface area contributed by atoms with Crippen molar-refractivity contribution in [1.82, 2.24) is 24.7 Å². The number of anilines is 1. The Balaban J connectivity index is 1.19. The van der Waals surface area contributed by atoms with E-state index in [1.165, 1.54) is 32.4 Å². The van der Waals surface area contributed by atoms with Crippen molar-refractivity contribution in [2.75, 3.05) is 25.0 Å². The van der Waals surface area contributed by atoms with Crippen LogP contribution >= 0.6 is 0 Å². The molecule has 4 heterocycles. The van der Waals surface area contributed by atoms with Gasteiger partial charge in [0.2, 0.25) is 0 Å². The van der Waals surface area contributed by atoms with Crippen molar-refractivity contribution in [3.05, 3.63) is 18.5 Å². The van der Waals surface area contributed by atoms with Gasteiger partial charge in [0.25, 0.3) is 0 Å². The first-order valence-corrected chi connectivity index (χ1v) is 9.87. The SMILES string of the molecule is CC1(C)CC(N2CC3CC(Nc4ccc5nncn5n4)C[C@H]3C2)CCO1. The third-order valence-electron chi connectivity index (χ3n) is 6.48. The number of ether oxygens (including phenoxy) is 1. The topological polar surface area (TPSA) is 67.6 Å². The molecule has 7 nitrogen and oxygen atoms in total. The third kappa shape index (κ3) is 3.07. The number of likely N-dealkylation sites (tertiary alicyclic amines) is 1. The van der Waals surface area contributed by atoms with E-state index < -0.39 is 0 Å². The van der Waals surface area contributed by atoms with E-state index in [1.54, 1.807) is 10.8 Å². The maximum atomic E-state index is 5.90.